The van der Waals surface area contributed by atoms with Crippen molar-refractivity contribution in [3.8, 4) is 0 Å². The lowest BCUT2D eigenvalue weighted by atomic mass is 10.5. The number of rotatable bonds is 8. The molecule has 0 atom stereocenters. The molecule has 0 aromatic heterocycles. The number of alkyl halides is 3. The Morgan fingerprint density at radius 3 is 2.25 bits per heavy atom. The minimum absolute atomic E-state index is 0.136. The molecule has 0 aromatic rings. The lowest BCUT2D eigenvalue weighted by Gasteiger charge is -2.03. The van der Waals surface area contributed by atoms with E-state index in [0.29, 0.717) is 13.0 Å². The third-order valence-corrected chi connectivity index (χ3v) is 1.04. The zero-order valence-corrected chi connectivity index (χ0v) is 6.77. The quantitative estimate of drug-likeness (QED) is 0.536. The first-order valence-electron chi connectivity index (χ1n) is 3.77. The molecule has 12 heavy (non-hydrogen) atoms. The minimum atomic E-state index is -2.43. The van der Waals surface area contributed by atoms with E-state index in [2.05, 4.69) is 4.74 Å². The Bertz CT molecular complexity index is 90.7. The van der Waals surface area contributed by atoms with Crippen LogP contribution in [0.3, 0.4) is 0 Å². The van der Waals surface area contributed by atoms with Gasteiger partial charge in [-0.2, -0.15) is 0 Å². The van der Waals surface area contributed by atoms with Gasteiger partial charge in [0, 0.05) is 6.61 Å². The van der Waals surface area contributed by atoms with Gasteiger partial charge in [0.1, 0.15) is 6.61 Å². The van der Waals surface area contributed by atoms with Gasteiger partial charge < -0.3 is 9.47 Å². The van der Waals surface area contributed by atoms with E-state index in [1.165, 1.54) is 0 Å². The Balaban J connectivity index is 2.82. The summed E-state index contributed by atoms with van der Waals surface area (Å²) in [5.41, 5.74) is 0. The van der Waals surface area contributed by atoms with Crippen LogP contribution >= 0.6 is 0 Å². The van der Waals surface area contributed by atoms with E-state index in [1.54, 1.807) is 0 Å². The average molecular weight is 186 g/mol. The van der Waals surface area contributed by atoms with Crippen LogP contribution in [0.5, 0.6) is 0 Å². The first-order valence-corrected chi connectivity index (χ1v) is 3.77. The molecule has 0 amide bonds. The van der Waals surface area contributed by atoms with E-state index in [4.69, 9.17) is 4.74 Å². The molecule has 0 fully saturated rings. The van der Waals surface area contributed by atoms with Gasteiger partial charge in [-0.15, -0.1) is 0 Å². The van der Waals surface area contributed by atoms with Crippen molar-refractivity contribution in [2.45, 2.75) is 12.8 Å². The largest absolute Gasteiger partial charge is 0.379 e. The average Bonchev–Trinajstić information content (AvgIpc) is 2.02. The van der Waals surface area contributed by atoms with Gasteiger partial charge in [0.15, 0.2) is 0 Å². The molecule has 0 N–H and O–H groups in total. The summed E-state index contributed by atoms with van der Waals surface area (Å²) < 4.78 is 43.7. The van der Waals surface area contributed by atoms with E-state index in [-0.39, 0.29) is 13.2 Å². The topological polar surface area (TPSA) is 18.5 Å². The van der Waals surface area contributed by atoms with Gasteiger partial charge in [0.05, 0.1) is 19.9 Å². The van der Waals surface area contributed by atoms with Crippen molar-refractivity contribution in [2.24, 2.45) is 0 Å². The molecule has 0 aromatic carbocycles. The van der Waals surface area contributed by atoms with Gasteiger partial charge in [-0.05, 0) is 6.42 Å². The lowest BCUT2D eigenvalue weighted by Crippen LogP contribution is -2.10. The van der Waals surface area contributed by atoms with Crippen LogP contribution in [0.4, 0.5) is 13.2 Å². The van der Waals surface area contributed by atoms with Gasteiger partial charge in [-0.3, -0.25) is 4.39 Å². The number of hydrogen-bond donors (Lipinski definition) is 0. The van der Waals surface area contributed by atoms with Crippen molar-refractivity contribution in [1.82, 2.24) is 0 Å². The number of halogens is 3. The molecule has 0 aliphatic heterocycles. The second-order valence-electron chi connectivity index (χ2n) is 2.12. The molecule has 0 rings (SSSR count). The smallest absolute Gasteiger partial charge is 0.261 e. The Morgan fingerprint density at radius 2 is 1.67 bits per heavy atom. The predicted molar refractivity (Wildman–Crippen MR) is 38.2 cm³/mol. The van der Waals surface area contributed by atoms with Crippen molar-refractivity contribution in [3.05, 3.63) is 0 Å². The van der Waals surface area contributed by atoms with Crippen molar-refractivity contribution < 1.29 is 22.6 Å². The standard InChI is InChI=1S/C7H13F3O2/c8-2-1-3-11-4-5-12-6-7(9)10/h7H,1-6H2. The molecule has 0 bridgehead atoms. The minimum Gasteiger partial charge on any atom is -0.379 e. The summed E-state index contributed by atoms with van der Waals surface area (Å²) in [7, 11) is 0. The van der Waals surface area contributed by atoms with Crippen molar-refractivity contribution >= 4 is 0 Å². The Labute approximate surface area is 69.7 Å². The van der Waals surface area contributed by atoms with Gasteiger partial charge in [0.25, 0.3) is 6.43 Å². The van der Waals surface area contributed by atoms with E-state index >= 15 is 0 Å². The van der Waals surface area contributed by atoms with Crippen LogP contribution in [-0.2, 0) is 9.47 Å². The van der Waals surface area contributed by atoms with Crippen LogP contribution in [0.1, 0.15) is 6.42 Å². The zero-order valence-electron chi connectivity index (χ0n) is 6.77. The molecule has 74 valence electrons. The third kappa shape index (κ3) is 9.71. The van der Waals surface area contributed by atoms with E-state index < -0.39 is 19.7 Å². The van der Waals surface area contributed by atoms with Gasteiger partial charge >= 0.3 is 0 Å². The molecular formula is C7H13F3O2. The predicted octanol–water partition coefficient (Wildman–Crippen LogP) is 1.64. The van der Waals surface area contributed by atoms with Crippen molar-refractivity contribution in [2.75, 3.05) is 33.1 Å². The van der Waals surface area contributed by atoms with Crippen LogP contribution in [0, 0.1) is 0 Å². The monoisotopic (exact) mass is 186 g/mol. The summed E-state index contributed by atoms with van der Waals surface area (Å²) in [5, 5.41) is 0. The summed E-state index contributed by atoms with van der Waals surface area (Å²) in [6.45, 7) is -0.289. The highest BCUT2D eigenvalue weighted by Crippen LogP contribution is 1.92. The molecule has 0 unspecified atom stereocenters. The molecule has 0 saturated carbocycles. The fraction of sp³-hybridized carbons (Fsp3) is 1.00. The van der Waals surface area contributed by atoms with Gasteiger partial charge in [-0.1, -0.05) is 0 Å². The number of hydrogen-bond acceptors (Lipinski definition) is 2. The Kier molecular flexibility index (Phi) is 8.59. The maximum absolute atomic E-state index is 11.5. The SMILES string of the molecule is FCCCOCCOCC(F)F. The van der Waals surface area contributed by atoms with Crippen molar-refractivity contribution in [3.63, 3.8) is 0 Å². The van der Waals surface area contributed by atoms with Crippen LogP contribution < -0.4 is 0 Å². The summed E-state index contributed by atoms with van der Waals surface area (Å²) >= 11 is 0. The molecular weight excluding hydrogens is 173 g/mol. The van der Waals surface area contributed by atoms with Crippen LogP contribution in [0.15, 0.2) is 0 Å². The molecule has 2 nitrogen and oxygen atoms in total. The molecule has 0 aliphatic rings. The van der Waals surface area contributed by atoms with E-state index in [0.717, 1.165) is 0 Å². The Morgan fingerprint density at radius 1 is 1.00 bits per heavy atom. The molecule has 0 saturated heterocycles. The van der Waals surface area contributed by atoms with E-state index in [1.807, 2.05) is 0 Å². The first kappa shape index (κ1) is 11.7. The second-order valence-corrected chi connectivity index (χ2v) is 2.12. The van der Waals surface area contributed by atoms with Gasteiger partial charge in [0.2, 0.25) is 0 Å². The summed E-state index contributed by atoms with van der Waals surface area (Å²) in [6, 6.07) is 0. The normalized spacial score (nSPS) is 11.0. The highest BCUT2D eigenvalue weighted by Gasteiger charge is 2.00. The van der Waals surface area contributed by atoms with Gasteiger partial charge in [-0.25, -0.2) is 8.78 Å². The molecule has 0 radical (unpaired) electrons. The third-order valence-electron chi connectivity index (χ3n) is 1.04. The van der Waals surface area contributed by atoms with E-state index in [9.17, 15) is 13.2 Å². The number of ether oxygens (including phenoxy) is 2. The van der Waals surface area contributed by atoms with Crippen molar-refractivity contribution in [1.29, 1.82) is 0 Å². The maximum atomic E-state index is 11.5. The van der Waals surface area contributed by atoms with Crippen LogP contribution in [0.25, 0.3) is 0 Å². The fourth-order valence-corrected chi connectivity index (χ4v) is 0.549. The lowest BCUT2D eigenvalue weighted by molar-refractivity contribution is -0.00969. The molecule has 0 spiro atoms. The highest BCUT2D eigenvalue weighted by molar-refractivity contribution is 4.36. The molecule has 0 heterocycles. The summed E-state index contributed by atoms with van der Waals surface area (Å²) in [4.78, 5) is 0. The fourth-order valence-electron chi connectivity index (χ4n) is 0.549. The van der Waals surface area contributed by atoms with Crippen LogP contribution in [-0.4, -0.2) is 39.5 Å². The summed E-state index contributed by atoms with van der Waals surface area (Å²) in [6.07, 6.45) is -2.09. The second kappa shape index (κ2) is 8.80. The van der Waals surface area contributed by atoms with Crippen LogP contribution in [0.2, 0.25) is 0 Å². The highest BCUT2D eigenvalue weighted by atomic mass is 19.3. The molecule has 0 aliphatic carbocycles. The first-order chi connectivity index (χ1) is 5.77. The Hall–Kier alpha value is -0.290. The molecule has 5 heteroatoms. The zero-order chi connectivity index (χ0) is 9.23. The summed E-state index contributed by atoms with van der Waals surface area (Å²) in [5.74, 6) is 0. The maximum Gasteiger partial charge on any atom is 0.261 e.